The van der Waals surface area contributed by atoms with E-state index in [0.717, 1.165) is 61.8 Å². The summed E-state index contributed by atoms with van der Waals surface area (Å²) >= 11 is 0. The van der Waals surface area contributed by atoms with Gasteiger partial charge >= 0.3 is 11.9 Å². The Balaban J connectivity index is 1.08. The summed E-state index contributed by atoms with van der Waals surface area (Å²) in [7, 11) is 0. The van der Waals surface area contributed by atoms with Crippen LogP contribution in [0.15, 0.2) is 30.3 Å². The molecule has 8 heteroatoms. The van der Waals surface area contributed by atoms with Gasteiger partial charge in [0.2, 0.25) is 5.91 Å². The van der Waals surface area contributed by atoms with Crippen molar-refractivity contribution in [2.24, 2.45) is 57.8 Å². The van der Waals surface area contributed by atoms with E-state index < -0.39 is 6.04 Å². The zero-order chi connectivity index (χ0) is 33.6. The molecule has 4 aliphatic rings. The number of ether oxygens (including phenoxy) is 2. The van der Waals surface area contributed by atoms with Crippen LogP contribution in [-0.4, -0.2) is 43.1 Å². The highest BCUT2D eigenvalue weighted by atomic mass is 16.5. The van der Waals surface area contributed by atoms with E-state index >= 15 is 0 Å². The molecular formula is C39H61N3O5. The van der Waals surface area contributed by atoms with Gasteiger partial charge in [0, 0.05) is 6.42 Å². The smallest absolute Gasteiger partial charge is 0.325 e. The third kappa shape index (κ3) is 8.24. The molecule has 0 saturated heterocycles. The topological polar surface area (TPSA) is 134 Å². The first kappa shape index (κ1) is 35.8. The molecule has 1 aromatic rings. The monoisotopic (exact) mass is 651 g/mol. The molecule has 1 amide bonds. The molecular weight excluding hydrogens is 590 g/mol. The summed E-state index contributed by atoms with van der Waals surface area (Å²) in [6.07, 6.45) is 14.1. The second-order valence-corrected chi connectivity index (χ2v) is 16.0. The minimum Gasteiger partial charge on any atom is -0.461 e. The predicted octanol–water partition coefficient (Wildman–Crippen LogP) is 6.29. The van der Waals surface area contributed by atoms with E-state index in [9.17, 15) is 14.4 Å². The first-order valence-corrected chi connectivity index (χ1v) is 18.7. The van der Waals surface area contributed by atoms with Crippen molar-refractivity contribution in [2.75, 3.05) is 13.1 Å². The fourth-order valence-corrected chi connectivity index (χ4v) is 10.8. The highest BCUT2D eigenvalue weighted by Crippen LogP contribution is 2.68. The van der Waals surface area contributed by atoms with E-state index in [4.69, 9.17) is 20.9 Å². The maximum atomic E-state index is 12.7. The van der Waals surface area contributed by atoms with E-state index in [2.05, 4.69) is 26.1 Å². The lowest BCUT2D eigenvalue weighted by Crippen LogP contribution is -2.54. The van der Waals surface area contributed by atoms with Crippen molar-refractivity contribution in [2.45, 2.75) is 129 Å². The standard InChI is InChI=1S/C39H61N3O5/c1-26(12-17-35(43)46-25-27-9-5-4-6-10-27)31-15-16-32-30-14-13-28-23-29(18-20-38(28,2)33(30)19-21-39(31,32)3)47-36(44)24-42-37(45)34(41)11-7-8-22-40/h4-6,9-10,26,28-34H,7-8,11-25,40-41H2,1-3H3,(H,42,45)/t26-,28+,29+,30-,31+,32-,33-,34-,38-,39+/m0/s1. The molecule has 4 saturated carbocycles. The lowest BCUT2D eigenvalue weighted by Gasteiger charge is -2.61. The first-order chi connectivity index (χ1) is 22.5. The van der Waals surface area contributed by atoms with Crippen LogP contribution in [0.1, 0.15) is 116 Å². The molecule has 0 unspecified atom stereocenters. The number of hydrogen-bond donors (Lipinski definition) is 3. The molecule has 8 nitrogen and oxygen atoms in total. The fraction of sp³-hybridized carbons (Fsp3) is 0.769. The van der Waals surface area contributed by atoms with Crippen LogP contribution in [0.5, 0.6) is 0 Å². The van der Waals surface area contributed by atoms with Gasteiger partial charge in [0.25, 0.3) is 0 Å². The molecule has 5 rings (SSSR count). The number of unbranched alkanes of at least 4 members (excludes halogenated alkanes) is 1. The van der Waals surface area contributed by atoms with Gasteiger partial charge in [-0.3, -0.25) is 14.4 Å². The molecule has 262 valence electrons. The second-order valence-electron chi connectivity index (χ2n) is 16.0. The number of amides is 1. The minimum atomic E-state index is -0.621. The molecule has 4 fully saturated rings. The quantitative estimate of drug-likeness (QED) is 0.159. The average molecular weight is 652 g/mol. The Bertz CT molecular complexity index is 1210. The summed E-state index contributed by atoms with van der Waals surface area (Å²) < 4.78 is 11.5. The van der Waals surface area contributed by atoms with Gasteiger partial charge in [-0.25, -0.2) is 0 Å². The van der Waals surface area contributed by atoms with Crippen LogP contribution in [0.4, 0.5) is 0 Å². The van der Waals surface area contributed by atoms with E-state index in [0.29, 0.717) is 54.6 Å². The number of carbonyl (C=O) groups excluding carboxylic acids is 3. The molecule has 0 heterocycles. The number of fused-ring (bicyclic) bond motifs is 5. The summed E-state index contributed by atoms with van der Waals surface area (Å²) in [4.78, 5) is 37.5. The van der Waals surface area contributed by atoms with Gasteiger partial charge in [-0.05, 0) is 135 Å². The number of hydrogen-bond acceptors (Lipinski definition) is 7. The van der Waals surface area contributed by atoms with Crippen LogP contribution in [0.25, 0.3) is 0 Å². The van der Waals surface area contributed by atoms with E-state index in [1.165, 1.54) is 38.5 Å². The molecule has 47 heavy (non-hydrogen) atoms. The van der Waals surface area contributed by atoms with Crippen molar-refractivity contribution in [3.05, 3.63) is 35.9 Å². The zero-order valence-corrected chi connectivity index (χ0v) is 29.2. The number of rotatable bonds is 14. The number of carbonyl (C=O) groups is 3. The van der Waals surface area contributed by atoms with Crippen LogP contribution in [0.2, 0.25) is 0 Å². The summed E-state index contributed by atoms with van der Waals surface area (Å²) in [5.74, 6) is 3.27. The van der Waals surface area contributed by atoms with Gasteiger partial charge in [-0.1, -0.05) is 57.5 Å². The summed E-state index contributed by atoms with van der Waals surface area (Å²) in [6.45, 7) is 8.30. The Hall–Kier alpha value is -2.45. The number of esters is 2. The fourth-order valence-electron chi connectivity index (χ4n) is 10.8. The van der Waals surface area contributed by atoms with Crippen LogP contribution < -0.4 is 16.8 Å². The molecule has 4 aliphatic carbocycles. The van der Waals surface area contributed by atoms with Crippen molar-refractivity contribution in [3.63, 3.8) is 0 Å². The lowest BCUT2D eigenvalue weighted by atomic mass is 9.44. The summed E-state index contributed by atoms with van der Waals surface area (Å²) in [5, 5.41) is 2.67. The Morgan fingerprint density at radius 1 is 0.915 bits per heavy atom. The van der Waals surface area contributed by atoms with Gasteiger partial charge in [0.05, 0.1) is 6.04 Å². The van der Waals surface area contributed by atoms with E-state index in [1.54, 1.807) is 0 Å². The third-order valence-corrected chi connectivity index (χ3v) is 13.4. The van der Waals surface area contributed by atoms with Crippen LogP contribution in [0, 0.1) is 46.3 Å². The van der Waals surface area contributed by atoms with Crippen molar-refractivity contribution in [3.8, 4) is 0 Å². The van der Waals surface area contributed by atoms with Crippen LogP contribution in [-0.2, 0) is 30.5 Å². The van der Waals surface area contributed by atoms with Gasteiger partial charge in [0.15, 0.2) is 0 Å². The SMILES string of the molecule is C[C@@H](CCC(=O)OCc1ccccc1)[C@H]1CC[C@H]2[C@@H]3CC[C@@H]4C[C@H](OC(=O)CNC(=O)[C@@H](N)CCCCN)CC[C@]4(C)[C@H]3CC[C@]12C. The number of nitrogens with one attached hydrogen (secondary N) is 1. The molecule has 0 radical (unpaired) electrons. The van der Waals surface area contributed by atoms with E-state index in [-0.39, 0.29) is 30.5 Å². The maximum absolute atomic E-state index is 12.7. The van der Waals surface area contributed by atoms with Gasteiger partial charge in [-0.2, -0.15) is 0 Å². The predicted molar refractivity (Wildman–Crippen MR) is 184 cm³/mol. The van der Waals surface area contributed by atoms with Crippen molar-refractivity contribution >= 4 is 17.8 Å². The molecule has 0 aliphatic heterocycles. The van der Waals surface area contributed by atoms with Crippen LogP contribution in [0.3, 0.4) is 0 Å². The third-order valence-electron chi connectivity index (χ3n) is 13.4. The Kier molecular flexibility index (Phi) is 12.1. The number of nitrogens with two attached hydrogens (primary N) is 2. The summed E-state index contributed by atoms with van der Waals surface area (Å²) in [5.41, 5.74) is 13.2. The maximum Gasteiger partial charge on any atom is 0.325 e. The first-order valence-electron chi connectivity index (χ1n) is 18.7. The molecule has 0 spiro atoms. The molecule has 1 aromatic carbocycles. The normalized spacial score (nSPS) is 34.2. The van der Waals surface area contributed by atoms with E-state index in [1.807, 2.05) is 30.3 Å². The average Bonchev–Trinajstić information content (AvgIpc) is 3.43. The van der Waals surface area contributed by atoms with Gasteiger partial charge in [0.1, 0.15) is 19.3 Å². The molecule has 10 atom stereocenters. The van der Waals surface area contributed by atoms with Gasteiger partial charge in [-0.15, -0.1) is 0 Å². The highest BCUT2D eigenvalue weighted by molar-refractivity contribution is 5.85. The van der Waals surface area contributed by atoms with Gasteiger partial charge < -0.3 is 26.3 Å². The molecule has 5 N–H and O–H groups in total. The zero-order valence-electron chi connectivity index (χ0n) is 29.2. The molecule has 0 aromatic heterocycles. The molecule has 0 bridgehead atoms. The minimum absolute atomic E-state index is 0.0720. The number of benzene rings is 1. The Morgan fingerprint density at radius 2 is 1.66 bits per heavy atom. The summed E-state index contributed by atoms with van der Waals surface area (Å²) in [6, 6.07) is 9.29. The van der Waals surface area contributed by atoms with Crippen molar-refractivity contribution < 1.29 is 23.9 Å². The largest absolute Gasteiger partial charge is 0.461 e. The highest BCUT2D eigenvalue weighted by Gasteiger charge is 2.60. The second kappa shape index (κ2) is 15.8. The van der Waals surface area contributed by atoms with Crippen molar-refractivity contribution in [1.29, 1.82) is 0 Å². The Labute approximate surface area is 282 Å². The lowest BCUT2D eigenvalue weighted by molar-refractivity contribution is -0.162. The van der Waals surface area contributed by atoms with Crippen LogP contribution >= 0.6 is 0 Å². The Morgan fingerprint density at radius 3 is 2.43 bits per heavy atom. The van der Waals surface area contributed by atoms with Crippen molar-refractivity contribution in [1.82, 2.24) is 5.32 Å².